The summed E-state index contributed by atoms with van der Waals surface area (Å²) in [4.78, 5) is 27.6. The second-order valence-electron chi connectivity index (χ2n) is 9.20. The molecule has 2 rings (SSSR count). The predicted octanol–water partition coefficient (Wildman–Crippen LogP) is 4.55. The van der Waals surface area contributed by atoms with Crippen LogP contribution in [0.15, 0.2) is 46.9 Å². The van der Waals surface area contributed by atoms with E-state index < -0.39 is 16.1 Å². The van der Waals surface area contributed by atoms with Crippen molar-refractivity contribution in [3.05, 3.63) is 63.6 Å². The molecule has 1 atom stereocenters. The van der Waals surface area contributed by atoms with E-state index in [1.807, 2.05) is 64.1 Å². The lowest BCUT2D eigenvalue weighted by Gasteiger charge is -2.30. The Hall–Kier alpha value is -2.39. The normalized spacial score (nSPS) is 12.3. The number of hydrogen-bond donors (Lipinski definition) is 1. The maximum atomic E-state index is 13.3. The van der Waals surface area contributed by atoms with E-state index in [-0.39, 0.29) is 37.4 Å². The number of nitrogens with one attached hydrogen (secondary N) is 1. The lowest BCUT2D eigenvalue weighted by Crippen LogP contribution is -2.49. The van der Waals surface area contributed by atoms with Gasteiger partial charge in [0.1, 0.15) is 6.04 Å². The fraction of sp³-hybridized carbons (Fsp3) is 0.462. The first kappa shape index (κ1) is 28.8. The van der Waals surface area contributed by atoms with Gasteiger partial charge >= 0.3 is 0 Å². The van der Waals surface area contributed by atoms with Gasteiger partial charge in [0.15, 0.2) is 0 Å². The Morgan fingerprint density at radius 1 is 1.03 bits per heavy atom. The Labute approximate surface area is 218 Å². The molecule has 0 aromatic heterocycles. The third-order valence-electron chi connectivity index (χ3n) is 5.77. The molecule has 0 radical (unpaired) electrons. The van der Waals surface area contributed by atoms with E-state index in [2.05, 4.69) is 21.2 Å². The monoisotopic (exact) mass is 565 g/mol. The van der Waals surface area contributed by atoms with Crippen LogP contribution < -0.4 is 9.62 Å². The maximum absolute atomic E-state index is 13.3. The van der Waals surface area contributed by atoms with Gasteiger partial charge in [-0.05, 0) is 82.0 Å². The molecule has 1 unspecified atom stereocenters. The smallest absolute Gasteiger partial charge is 0.242 e. The molecule has 0 heterocycles. The van der Waals surface area contributed by atoms with Crippen molar-refractivity contribution in [3.8, 4) is 0 Å². The van der Waals surface area contributed by atoms with Crippen LogP contribution in [0.4, 0.5) is 5.69 Å². The molecular formula is C26H36BrN3O4S. The molecule has 2 amide bonds. The van der Waals surface area contributed by atoms with Crippen molar-refractivity contribution in [1.82, 2.24) is 10.2 Å². The average Bonchev–Trinajstić information content (AvgIpc) is 2.75. The van der Waals surface area contributed by atoms with Gasteiger partial charge in [-0.2, -0.15) is 0 Å². The minimum Gasteiger partial charge on any atom is -0.352 e. The van der Waals surface area contributed by atoms with E-state index in [0.29, 0.717) is 12.1 Å². The lowest BCUT2D eigenvalue weighted by molar-refractivity contribution is -0.140. The van der Waals surface area contributed by atoms with Crippen LogP contribution in [0.25, 0.3) is 0 Å². The highest BCUT2D eigenvalue weighted by Gasteiger charge is 2.27. The summed E-state index contributed by atoms with van der Waals surface area (Å²) in [5.41, 5.74) is 3.55. The molecule has 0 saturated heterocycles. The Morgan fingerprint density at radius 2 is 1.71 bits per heavy atom. The van der Waals surface area contributed by atoms with Crippen LogP contribution in [0.1, 0.15) is 50.3 Å². The van der Waals surface area contributed by atoms with E-state index in [1.54, 1.807) is 17.9 Å². The zero-order valence-electron chi connectivity index (χ0n) is 21.3. The second-order valence-corrected chi connectivity index (χ2v) is 12.0. The number of amides is 2. The van der Waals surface area contributed by atoms with Gasteiger partial charge in [-0.1, -0.05) is 34.1 Å². The van der Waals surface area contributed by atoms with Gasteiger partial charge in [0.05, 0.1) is 11.9 Å². The van der Waals surface area contributed by atoms with Gasteiger partial charge in [0, 0.05) is 30.0 Å². The van der Waals surface area contributed by atoms with Gasteiger partial charge in [-0.3, -0.25) is 13.9 Å². The third kappa shape index (κ3) is 8.65. The number of rotatable bonds is 11. The van der Waals surface area contributed by atoms with E-state index in [9.17, 15) is 18.0 Å². The first-order chi connectivity index (χ1) is 16.3. The van der Waals surface area contributed by atoms with Crippen LogP contribution in [0, 0.1) is 13.8 Å². The molecular weight excluding hydrogens is 530 g/mol. The van der Waals surface area contributed by atoms with Gasteiger partial charge in [-0.25, -0.2) is 8.42 Å². The highest BCUT2D eigenvalue weighted by atomic mass is 79.9. The molecule has 0 saturated carbocycles. The number of benzene rings is 2. The summed E-state index contributed by atoms with van der Waals surface area (Å²) in [5.74, 6) is -0.429. The third-order valence-corrected chi connectivity index (χ3v) is 7.46. The van der Waals surface area contributed by atoms with E-state index in [1.165, 1.54) is 10.6 Å². The summed E-state index contributed by atoms with van der Waals surface area (Å²) in [6.45, 7) is 9.81. The molecule has 2 aromatic carbocycles. The topological polar surface area (TPSA) is 86.8 Å². The molecule has 35 heavy (non-hydrogen) atoms. The van der Waals surface area contributed by atoms with Crippen molar-refractivity contribution in [3.63, 3.8) is 0 Å². The Bertz CT molecular complexity index is 1150. The number of anilines is 1. The van der Waals surface area contributed by atoms with Crippen molar-refractivity contribution >= 4 is 43.5 Å². The minimum atomic E-state index is -3.52. The van der Waals surface area contributed by atoms with Crippen molar-refractivity contribution in [2.24, 2.45) is 0 Å². The van der Waals surface area contributed by atoms with Gasteiger partial charge < -0.3 is 10.2 Å². The molecule has 2 aromatic rings. The molecule has 7 nitrogen and oxygen atoms in total. The summed E-state index contributed by atoms with van der Waals surface area (Å²) in [7, 11) is -3.52. The molecule has 0 aliphatic carbocycles. The highest BCUT2D eigenvalue weighted by Crippen LogP contribution is 2.22. The summed E-state index contributed by atoms with van der Waals surface area (Å²) >= 11 is 3.45. The Kier molecular flexibility index (Phi) is 10.3. The molecule has 0 aliphatic heterocycles. The second kappa shape index (κ2) is 12.5. The first-order valence-electron chi connectivity index (χ1n) is 11.7. The van der Waals surface area contributed by atoms with Crippen LogP contribution in [0.5, 0.6) is 0 Å². The molecule has 0 spiro atoms. The number of carbonyl (C=O) groups excluding carboxylic acids is 2. The summed E-state index contributed by atoms with van der Waals surface area (Å²) in [6, 6.07) is 12.4. The average molecular weight is 567 g/mol. The summed E-state index contributed by atoms with van der Waals surface area (Å²) in [5, 5.41) is 2.87. The predicted molar refractivity (Wildman–Crippen MR) is 145 cm³/mol. The first-order valence-corrected chi connectivity index (χ1v) is 14.3. The molecule has 0 bridgehead atoms. The fourth-order valence-electron chi connectivity index (χ4n) is 3.70. The highest BCUT2D eigenvalue weighted by molar-refractivity contribution is 9.10. The Balaban J connectivity index is 2.19. The molecule has 0 aliphatic rings. The number of halogens is 1. The number of carbonyl (C=O) groups is 2. The molecule has 9 heteroatoms. The summed E-state index contributed by atoms with van der Waals surface area (Å²) < 4.78 is 27.2. The zero-order valence-corrected chi connectivity index (χ0v) is 23.7. The fourth-order valence-corrected chi connectivity index (χ4v) is 5.11. The molecule has 192 valence electrons. The number of hydrogen-bond acceptors (Lipinski definition) is 4. The van der Waals surface area contributed by atoms with Gasteiger partial charge in [-0.15, -0.1) is 0 Å². The van der Waals surface area contributed by atoms with Crippen molar-refractivity contribution < 1.29 is 18.0 Å². The van der Waals surface area contributed by atoms with Crippen molar-refractivity contribution in [1.29, 1.82) is 0 Å². The van der Waals surface area contributed by atoms with Crippen molar-refractivity contribution in [2.75, 3.05) is 17.1 Å². The van der Waals surface area contributed by atoms with Crippen LogP contribution in [-0.2, 0) is 26.2 Å². The largest absolute Gasteiger partial charge is 0.352 e. The molecule has 1 N–H and O–H groups in total. The minimum absolute atomic E-state index is 0.0472. The number of aryl methyl sites for hydroxylation is 2. The van der Waals surface area contributed by atoms with Crippen LogP contribution in [-0.4, -0.2) is 50.0 Å². The Morgan fingerprint density at radius 3 is 2.29 bits per heavy atom. The standard InChI is InChI=1S/C26H36BrN3O4S/c1-18(2)28-26(32)21(5)29(17-22-9-7-10-23(27)16-22)25(31)11-8-14-30(35(6,33)34)24-13-12-19(3)20(4)15-24/h7,9-10,12-13,15-16,18,21H,8,11,14,17H2,1-6H3,(H,28,32). The lowest BCUT2D eigenvalue weighted by atomic mass is 10.1. The number of sulfonamides is 1. The van der Waals surface area contributed by atoms with Crippen LogP contribution >= 0.6 is 15.9 Å². The SMILES string of the molecule is Cc1ccc(N(CCCC(=O)N(Cc2cccc(Br)c2)C(C)C(=O)NC(C)C)S(C)(=O)=O)cc1C. The van der Waals surface area contributed by atoms with Crippen molar-refractivity contribution in [2.45, 2.75) is 66.1 Å². The maximum Gasteiger partial charge on any atom is 0.242 e. The van der Waals surface area contributed by atoms with Crippen LogP contribution in [0.3, 0.4) is 0 Å². The van der Waals surface area contributed by atoms with E-state index in [0.717, 1.165) is 21.2 Å². The molecule has 0 fully saturated rings. The van der Waals surface area contributed by atoms with E-state index >= 15 is 0 Å². The van der Waals surface area contributed by atoms with Gasteiger partial charge in [0.25, 0.3) is 0 Å². The van der Waals surface area contributed by atoms with Crippen LogP contribution in [0.2, 0.25) is 0 Å². The number of nitrogens with zero attached hydrogens (tertiary/aromatic N) is 2. The quantitative estimate of drug-likeness (QED) is 0.433. The van der Waals surface area contributed by atoms with Gasteiger partial charge in [0.2, 0.25) is 21.8 Å². The zero-order chi connectivity index (χ0) is 26.3. The van der Waals surface area contributed by atoms with E-state index in [4.69, 9.17) is 0 Å². The summed E-state index contributed by atoms with van der Waals surface area (Å²) in [6.07, 6.45) is 1.61.